The molecular weight excluding hydrogens is 274 g/mol. The summed E-state index contributed by atoms with van der Waals surface area (Å²) in [4.78, 5) is 26.0. The van der Waals surface area contributed by atoms with E-state index in [1.165, 1.54) is 18.4 Å². The third-order valence-corrected chi connectivity index (χ3v) is 4.22. The highest BCUT2D eigenvalue weighted by Gasteiger charge is 2.17. The highest BCUT2D eigenvalue weighted by atomic mass is 32.1. The summed E-state index contributed by atoms with van der Waals surface area (Å²) in [6.45, 7) is 2.86. The summed E-state index contributed by atoms with van der Waals surface area (Å²) in [5, 5.41) is 1.07. The van der Waals surface area contributed by atoms with Crippen LogP contribution < -0.4 is 0 Å². The van der Waals surface area contributed by atoms with Crippen molar-refractivity contribution < 1.29 is 14.3 Å². The lowest BCUT2D eigenvalue weighted by Crippen LogP contribution is -2.32. The number of ether oxygens (including phenoxy) is 1. The van der Waals surface area contributed by atoms with Gasteiger partial charge in [0.1, 0.15) is 0 Å². The number of amides is 1. The first-order chi connectivity index (χ1) is 9.65. The summed E-state index contributed by atoms with van der Waals surface area (Å²) in [6, 6.07) is 9.82. The van der Waals surface area contributed by atoms with E-state index in [-0.39, 0.29) is 18.3 Å². The molecule has 2 aromatic rings. The Bertz CT molecular complexity index is 587. The minimum Gasteiger partial charge on any atom is -0.469 e. The van der Waals surface area contributed by atoms with E-state index in [2.05, 4.69) is 4.74 Å². The van der Waals surface area contributed by atoms with Crippen LogP contribution in [0.5, 0.6) is 0 Å². The van der Waals surface area contributed by atoms with E-state index >= 15 is 0 Å². The van der Waals surface area contributed by atoms with Crippen molar-refractivity contribution in [3.8, 4) is 0 Å². The summed E-state index contributed by atoms with van der Waals surface area (Å²) >= 11 is 1.48. The fourth-order valence-corrected chi connectivity index (χ4v) is 3.01. The Morgan fingerprint density at radius 1 is 1.30 bits per heavy atom. The van der Waals surface area contributed by atoms with Crippen molar-refractivity contribution in [2.75, 3.05) is 20.2 Å². The summed E-state index contributed by atoms with van der Waals surface area (Å²) in [7, 11) is 1.35. The minimum atomic E-state index is -0.299. The van der Waals surface area contributed by atoms with Gasteiger partial charge in [0, 0.05) is 17.8 Å². The maximum atomic E-state index is 12.4. The Labute approximate surface area is 122 Å². The number of carbonyl (C=O) groups excluding carboxylic acids is 2. The molecule has 0 aliphatic carbocycles. The zero-order valence-corrected chi connectivity index (χ0v) is 12.4. The Morgan fingerprint density at radius 2 is 2.05 bits per heavy atom. The molecule has 0 N–H and O–H groups in total. The molecule has 5 heteroatoms. The molecule has 0 atom stereocenters. The van der Waals surface area contributed by atoms with Crippen LogP contribution in [0, 0.1) is 0 Å². The number of fused-ring (bicyclic) bond motifs is 1. The van der Waals surface area contributed by atoms with Crippen LogP contribution in [-0.2, 0) is 9.53 Å². The van der Waals surface area contributed by atoms with Crippen LogP contribution in [-0.4, -0.2) is 37.0 Å². The molecule has 0 aliphatic heterocycles. The van der Waals surface area contributed by atoms with Gasteiger partial charge in [-0.2, -0.15) is 0 Å². The second-order valence-electron chi connectivity index (χ2n) is 4.36. The van der Waals surface area contributed by atoms with E-state index in [1.807, 2.05) is 37.3 Å². The molecule has 106 valence electrons. The van der Waals surface area contributed by atoms with Gasteiger partial charge in [-0.05, 0) is 24.4 Å². The maximum absolute atomic E-state index is 12.4. The quantitative estimate of drug-likeness (QED) is 0.796. The number of hydrogen-bond acceptors (Lipinski definition) is 4. The number of benzene rings is 1. The van der Waals surface area contributed by atoms with E-state index in [0.29, 0.717) is 18.0 Å². The molecule has 1 aromatic carbocycles. The van der Waals surface area contributed by atoms with Gasteiger partial charge in [-0.3, -0.25) is 9.59 Å². The van der Waals surface area contributed by atoms with Gasteiger partial charge in [-0.1, -0.05) is 18.2 Å². The monoisotopic (exact) mass is 291 g/mol. The summed E-state index contributed by atoms with van der Waals surface area (Å²) in [5.41, 5.74) is 0. The van der Waals surface area contributed by atoms with Gasteiger partial charge in [0.05, 0.1) is 18.4 Å². The third kappa shape index (κ3) is 3.17. The molecule has 0 unspecified atom stereocenters. The van der Waals surface area contributed by atoms with Crippen LogP contribution in [0.3, 0.4) is 0 Å². The first-order valence-electron chi connectivity index (χ1n) is 6.50. The number of rotatable bonds is 5. The standard InChI is InChI=1S/C15H17NO3S/c1-3-16(9-8-14(17)19-2)15(18)13-10-11-6-4-5-7-12(11)20-13/h4-7,10H,3,8-9H2,1-2H3. The molecule has 0 aliphatic rings. The lowest BCUT2D eigenvalue weighted by molar-refractivity contribution is -0.140. The molecule has 1 heterocycles. The highest BCUT2D eigenvalue weighted by molar-refractivity contribution is 7.20. The number of thiophene rings is 1. The molecule has 4 nitrogen and oxygen atoms in total. The van der Waals surface area contributed by atoms with Crippen LogP contribution >= 0.6 is 11.3 Å². The van der Waals surface area contributed by atoms with Crippen molar-refractivity contribution in [2.24, 2.45) is 0 Å². The largest absolute Gasteiger partial charge is 0.469 e. The normalized spacial score (nSPS) is 10.5. The number of hydrogen-bond donors (Lipinski definition) is 0. The van der Waals surface area contributed by atoms with Crippen molar-refractivity contribution in [1.29, 1.82) is 0 Å². The van der Waals surface area contributed by atoms with Crippen molar-refractivity contribution >= 4 is 33.3 Å². The molecule has 0 saturated heterocycles. The number of methoxy groups -OCH3 is 1. The van der Waals surface area contributed by atoms with Crippen LogP contribution in [0.2, 0.25) is 0 Å². The van der Waals surface area contributed by atoms with E-state index in [1.54, 1.807) is 4.90 Å². The van der Waals surface area contributed by atoms with E-state index < -0.39 is 0 Å². The topological polar surface area (TPSA) is 46.6 Å². The Hall–Kier alpha value is -1.88. The van der Waals surface area contributed by atoms with Crippen LogP contribution in [0.4, 0.5) is 0 Å². The minimum absolute atomic E-state index is 0.0300. The molecule has 0 saturated carbocycles. The number of nitrogens with zero attached hydrogens (tertiary/aromatic N) is 1. The molecular formula is C15H17NO3S. The molecule has 0 radical (unpaired) electrons. The van der Waals surface area contributed by atoms with Crippen LogP contribution in [0.25, 0.3) is 10.1 Å². The average molecular weight is 291 g/mol. The van der Waals surface area contributed by atoms with Crippen molar-refractivity contribution in [1.82, 2.24) is 4.90 Å². The third-order valence-electron chi connectivity index (χ3n) is 3.12. The van der Waals surface area contributed by atoms with Gasteiger partial charge < -0.3 is 9.64 Å². The molecule has 1 amide bonds. The Balaban J connectivity index is 2.13. The van der Waals surface area contributed by atoms with Gasteiger partial charge in [0.15, 0.2) is 0 Å². The van der Waals surface area contributed by atoms with Gasteiger partial charge in [0.25, 0.3) is 5.91 Å². The van der Waals surface area contributed by atoms with E-state index in [0.717, 1.165) is 10.1 Å². The Kier molecular flexibility index (Phi) is 4.74. The van der Waals surface area contributed by atoms with E-state index in [9.17, 15) is 9.59 Å². The van der Waals surface area contributed by atoms with E-state index in [4.69, 9.17) is 0 Å². The lowest BCUT2D eigenvalue weighted by atomic mass is 10.2. The predicted octanol–water partition coefficient (Wildman–Crippen LogP) is 2.93. The van der Waals surface area contributed by atoms with Crippen LogP contribution in [0.15, 0.2) is 30.3 Å². The van der Waals surface area contributed by atoms with Crippen molar-refractivity contribution in [3.05, 3.63) is 35.2 Å². The van der Waals surface area contributed by atoms with Gasteiger partial charge in [-0.25, -0.2) is 0 Å². The fourth-order valence-electron chi connectivity index (χ4n) is 1.97. The summed E-state index contributed by atoms with van der Waals surface area (Å²) < 4.78 is 5.70. The zero-order chi connectivity index (χ0) is 14.5. The molecule has 20 heavy (non-hydrogen) atoms. The smallest absolute Gasteiger partial charge is 0.307 e. The van der Waals surface area contributed by atoms with Gasteiger partial charge in [-0.15, -0.1) is 11.3 Å². The maximum Gasteiger partial charge on any atom is 0.307 e. The molecule has 2 rings (SSSR count). The first-order valence-corrected chi connectivity index (χ1v) is 7.32. The van der Waals surface area contributed by atoms with Crippen molar-refractivity contribution in [3.63, 3.8) is 0 Å². The molecule has 0 fully saturated rings. The lowest BCUT2D eigenvalue weighted by Gasteiger charge is -2.19. The second kappa shape index (κ2) is 6.52. The molecule has 0 bridgehead atoms. The van der Waals surface area contributed by atoms with Crippen molar-refractivity contribution in [2.45, 2.75) is 13.3 Å². The average Bonchev–Trinajstić information content (AvgIpc) is 2.91. The SMILES string of the molecule is CCN(CCC(=O)OC)C(=O)c1cc2ccccc2s1. The number of esters is 1. The fraction of sp³-hybridized carbons (Fsp3) is 0.333. The first kappa shape index (κ1) is 14.5. The summed E-state index contributed by atoms with van der Waals surface area (Å²) in [6.07, 6.45) is 0.223. The summed E-state index contributed by atoms with van der Waals surface area (Å²) in [5.74, 6) is -0.329. The number of carbonyl (C=O) groups is 2. The Morgan fingerprint density at radius 3 is 2.70 bits per heavy atom. The second-order valence-corrected chi connectivity index (χ2v) is 5.44. The molecule has 1 aromatic heterocycles. The predicted molar refractivity (Wildman–Crippen MR) is 80.0 cm³/mol. The molecule has 0 spiro atoms. The van der Waals surface area contributed by atoms with Crippen LogP contribution in [0.1, 0.15) is 23.0 Å². The van der Waals surface area contributed by atoms with Gasteiger partial charge in [0.2, 0.25) is 0 Å². The zero-order valence-electron chi connectivity index (χ0n) is 11.6. The highest BCUT2D eigenvalue weighted by Crippen LogP contribution is 2.26. The van der Waals surface area contributed by atoms with Gasteiger partial charge >= 0.3 is 5.97 Å².